The molecule has 1 N–H and O–H groups in total. The second kappa shape index (κ2) is 10.6. The van der Waals surface area contributed by atoms with Crippen LogP contribution in [0.15, 0.2) is 68.6 Å². The molecule has 0 unspecified atom stereocenters. The van der Waals surface area contributed by atoms with Gasteiger partial charge in [-0.3, -0.25) is 14.5 Å². The zero-order valence-electron chi connectivity index (χ0n) is 18.5. The van der Waals surface area contributed by atoms with Crippen molar-refractivity contribution >= 4 is 67.8 Å². The largest absolute Gasteiger partial charge is 0.484 e. The van der Waals surface area contributed by atoms with Gasteiger partial charge >= 0.3 is 0 Å². The van der Waals surface area contributed by atoms with E-state index in [-0.39, 0.29) is 18.4 Å². The molecule has 174 valence electrons. The summed E-state index contributed by atoms with van der Waals surface area (Å²) in [6, 6.07) is 14.7. The Morgan fingerprint density at radius 3 is 2.56 bits per heavy atom. The predicted molar refractivity (Wildman–Crippen MR) is 142 cm³/mol. The van der Waals surface area contributed by atoms with E-state index in [1.165, 1.54) is 16.7 Å². The van der Waals surface area contributed by atoms with Gasteiger partial charge in [-0.1, -0.05) is 52.0 Å². The highest BCUT2D eigenvalue weighted by Crippen LogP contribution is 2.34. The van der Waals surface area contributed by atoms with Crippen LogP contribution in [-0.2, 0) is 16.1 Å². The molecular formula is C25H21BrN2O4S2. The number of halogens is 1. The van der Waals surface area contributed by atoms with Gasteiger partial charge in [-0.25, -0.2) is 0 Å². The molecule has 1 aliphatic rings. The Bertz CT molecular complexity index is 1250. The molecule has 6 nitrogen and oxygen atoms in total. The molecule has 0 spiro atoms. The van der Waals surface area contributed by atoms with E-state index in [0.717, 1.165) is 26.9 Å². The van der Waals surface area contributed by atoms with E-state index >= 15 is 0 Å². The minimum atomic E-state index is -0.238. The number of thiocarbonyl (C=S) groups is 1. The number of aryl methyl sites for hydroxylation is 2. The van der Waals surface area contributed by atoms with E-state index < -0.39 is 0 Å². The van der Waals surface area contributed by atoms with Crippen molar-refractivity contribution in [3.8, 4) is 5.75 Å². The zero-order valence-corrected chi connectivity index (χ0v) is 21.7. The number of nitrogens with zero attached hydrogens (tertiary/aromatic N) is 1. The van der Waals surface area contributed by atoms with E-state index in [1.54, 1.807) is 30.5 Å². The van der Waals surface area contributed by atoms with Crippen LogP contribution >= 0.6 is 39.9 Å². The van der Waals surface area contributed by atoms with E-state index in [0.29, 0.717) is 27.3 Å². The number of anilines is 1. The van der Waals surface area contributed by atoms with E-state index in [1.807, 2.05) is 44.2 Å². The SMILES string of the molecule is Cc1cc(Br)cc(C)c1NC(=O)COc1ccc(/C=C2\SC(=S)N(Cc3ccco3)C2=O)cc1. The molecule has 0 aliphatic carbocycles. The van der Waals surface area contributed by atoms with E-state index in [2.05, 4.69) is 21.2 Å². The van der Waals surface area contributed by atoms with Crippen LogP contribution < -0.4 is 10.1 Å². The van der Waals surface area contributed by atoms with Crippen molar-refractivity contribution in [3.05, 3.63) is 86.6 Å². The average Bonchev–Trinajstić information content (AvgIpc) is 3.40. The first-order valence-electron chi connectivity index (χ1n) is 10.4. The highest BCUT2D eigenvalue weighted by molar-refractivity contribution is 9.10. The van der Waals surface area contributed by atoms with Gasteiger partial charge in [-0.05, 0) is 73.0 Å². The number of benzene rings is 2. The first-order valence-corrected chi connectivity index (χ1v) is 12.4. The average molecular weight is 557 g/mol. The molecule has 3 aromatic rings. The van der Waals surface area contributed by atoms with Crippen LogP contribution in [0.3, 0.4) is 0 Å². The van der Waals surface area contributed by atoms with E-state index in [9.17, 15) is 9.59 Å². The number of hydrogen-bond acceptors (Lipinski definition) is 6. The maximum absolute atomic E-state index is 12.7. The van der Waals surface area contributed by atoms with Crippen LogP contribution in [0, 0.1) is 13.8 Å². The number of amides is 2. The maximum Gasteiger partial charge on any atom is 0.266 e. The van der Waals surface area contributed by atoms with Crippen LogP contribution in [0.1, 0.15) is 22.5 Å². The third-order valence-corrected chi connectivity index (χ3v) is 6.91. The van der Waals surface area contributed by atoms with Gasteiger partial charge in [-0.15, -0.1) is 0 Å². The Balaban J connectivity index is 1.34. The van der Waals surface area contributed by atoms with Crippen molar-refractivity contribution < 1.29 is 18.7 Å². The highest BCUT2D eigenvalue weighted by atomic mass is 79.9. The summed E-state index contributed by atoms with van der Waals surface area (Å²) in [7, 11) is 0. The van der Waals surface area contributed by atoms with Crippen LogP contribution in [-0.4, -0.2) is 27.6 Å². The number of rotatable bonds is 7. The lowest BCUT2D eigenvalue weighted by Gasteiger charge is -2.13. The number of carbonyl (C=O) groups is 2. The highest BCUT2D eigenvalue weighted by Gasteiger charge is 2.32. The summed E-state index contributed by atoms with van der Waals surface area (Å²) >= 11 is 10.1. The smallest absolute Gasteiger partial charge is 0.266 e. The summed E-state index contributed by atoms with van der Waals surface area (Å²) in [5.41, 5.74) is 3.56. The molecule has 9 heteroatoms. The van der Waals surface area contributed by atoms with Crippen molar-refractivity contribution in [3.63, 3.8) is 0 Å². The number of ether oxygens (including phenoxy) is 1. The Morgan fingerprint density at radius 1 is 1.21 bits per heavy atom. The first kappa shape index (κ1) is 24.3. The summed E-state index contributed by atoms with van der Waals surface area (Å²) in [5.74, 6) is 0.843. The fourth-order valence-corrected chi connectivity index (χ4v) is 5.38. The monoisotopic (exact) mass is 556 g/mol. The van der Waals surface area contributed by atoms with Gasteiger partial charge in [0, 0.05) is 10.2 Å². The molecule has 0 atom stereocenters. The third kappa shape index (κ3) is 5.78. The number of carbonyl (C=O) groups excluding carboxylic acids is 2. The maximum atomic E-state index is 12.7. The lowest BCUT2D eigenvalue weighted by Crippen LogP contribution is -2.27. The topological polar surface area (TPSA) is 71.8 Å². The lowest BCUT2D eigenvalue weighted by molar-refractivity contribution is -0.122. The minimum Gasteiger partial charge on any atom is -0.484 e. The van der Waals surface area contributed by atoms with Gasteiger partial charge in [0.15, 0.2) is 6.61 Å². The summed E-state index contributed by atoms with van der Waals surface area (Å²) in [6.45, 7) is 4.08. The Hall–Kier alpha value is -2.88. The van der Waals surface area contributed by atoms with Crippen molar-refractivity contribution in [2.24, 2.45) is 0 Å². The summed E-state index contributed by atoms with van der Waals surface area (Å²) in [6.07, 6.45) is 3.36. The fraction of sp³-hybridized carbons (Fsp3) is 0.160. The summed E-state index contributed by atoms with van der Waals surface area (Å²) < 4.78 is 12.4. The van der Waals surface area contributed by atoms with Crippen molar-refractivity contribution in [1.29, 1.82) is 0 Å². The molecule has 1 fully saturated rings. The number of hydrogen-bond donors (Lipinski definition) is 1. The lowest BCUT2D eigenvalue weighted by atomic mass is 10.1. The number of furan rings is 1. The van der Waals surface area contributed by atoms with Crippen molar-refractivity contribution in [2.75, 3.05) is 11.9 Å². The number of thioether (sulfide) groups is 1. The first-order chi connectivity index (χ1) is 16.3. The Kier molecular flexibility index (Phi) is 7.55. The van der Waals surface area contributed by atoms with Gasteiger partial charge in [0.1, 0.15) is 15.8 Å². The third-order valence-electron chi connectivity index (χ3n) is 5.08. The second-order valence-electron chi connectivity index (χ2n) is 7.67. The van der Waals surface area contributed by atoms with Crippen molar-refractivity contribution in [1.82, 2.24) is 4.90 Å². The molecule has 0 radical (unpaired) electrons. The minimum absolute atomic E-state index is 0.111. The predicted octanol–water partition coefficient (Wildman–Crippen LogP) is 6.08. The summed E-state index contributed by atoms with van der Waals surface area (Å²) in [4.78, 5) is 27.2. The molecule has 2 heterocycles. The Labute approximate surface area is 215 Å². The molecule has 0 bridgehead atoms. The van der Waals surface area contributed by atoms with Gasteiger partial charge < -0.3 is 14.5 Å². The van der Waals surface area contributed by atoms with Crippen LogP contribution in [0.25, 0.3) is 6.08 Å². The van der Waals surface area contributed by atoms with Gasteiger partial charge in [0.05, 0.1) is 17.7 Å². The van der Waals surface area contributed by atoms with Gasteiger partial charge in [0.2, 0.25) is 0 Å². The normalized spacial score (nSPS) is 14.7. The van der Waals surface area contributed by atoms with Crippen LogP contribution in [0.5, 0.6) is 5.75 Å². The second-order valence-corrected chi connectivity index (χ2v) is 10.3. The zero-order chi connectivity index (χ0) is 24.2. The standard InChI is InChI=1S/C25H21BrN2O4S2/c1-15-10-18(26)11-16(2)23(15)27-22(29)14-32-19-7-5-17(6-8-19)12-21-24(30)28(25(33)34-21)13-20-4-3-9-31-20/h3-12H,13-14H2,1-2H3,(H,27,29)/b21-12-. The Morgan fingerprint density at radius 2 is 1.91 bits per heavy atom. The molecule has 4 rings (SSSR count). The van der Waals surface area contributed by atoms with Gasteiger partial charge in [0.25, 0.3) is 11.8 Å². The summed E-state index contributed by atoms with van der Waals surface area (Å²) in [5, 5.41) is 2.91. The number of nitrogens with one attached hydrogen (secondary N) is 1. The molecule has 1 aliphatic heterocycles. The van der Waals surface area contributed by atoms with Crippen LogP contribution in [0.4, 0.5) is 5.69 Å². The molecule has 2 aromatic carbocycles. The molecular weight excluding hydrogens is 536 g/mol. The molecule has 1 aromatic heterocycles. The molecule has 2 amide bonds. The quantitative estimate of drug-likeness (QED) is 0.281. The van der Waals surface area contributed by atoms with Crippen molar-refractivity contribution in [2.45, 2.75) is 20.4 Å². The van der Waals surface area contributed by atoms with Gasteiger partial charge in [-0.2, -0.15) is 0 Å². The molecule has 0 saturated carbocycles. The van der Waals surface area contributed by atoms with E-state index in [4.69, 9.17) is 21.4 Å². The molecule has 34 heavy (non-hydrogen) atoms. The fourth-order valence-electron chi connectivity index (χ4n) is 3.44. The molecule has 1 saturated heterocycles. The van der Waals surface area contributed by atoms with Crippen LogP contribution in [0.2, 0.25) is 0 Å².